The van der Waals surface area contributed by atoms with E-state index in [-0.39, 0.29) is 11.6 Å². The van der Waals surface area contributed by atoms with Crippen LogP contribution < -0.4 is 10.6 Å². The van der Waals surface area contributed by atoms with E-state index in [0.717, 1.165) is 23.2 Å². The van der Waals surface area contributed by atoms with Gasteiger partial charge in [0.05, 0.1) is 9.33 Å². The van der Waals surface area contributed by atoms with E-state index in [1.165, 1.54) is 5.56 Å². The van der Waals surface area contributed by atoms with Gasteiger partial charge >= 0.3 is 6.09 Å². The molecule has 0 aromatic carbocycles. The molecule has 0 bridgehead atoms. The van der Waals surface area contributed by atoms with Crippen molar-refractivity contribution in [1.29, 1.82) is 0 Å². The Morgan fingerprint density at radius 3 is 2.41 bits per heavy atom. The fraction of sp³-hybridized carbons (Fsp3) is 0.688. The highest BCUT2D eigenvalue weighted by Crippen LogP contribution is 2.21. The van der Waals surface area contributed by atoms with Crippen molar-refractivity contribution in [3.05, 3.63) is 20.8 Å². The van der Waals surface area contributed by atoms with Gasteiger partial charge in [0.2, 0.25) is 0 Å². The van der Waals surface area contributed by atoms with Crippen LogP contribution in [-0.4, -0.2) is 23.8 Å². The molecule has 0 saturated heterocycles. The third-order valence-electron chi connectivity index (χ3n) is 3.53. The lowest BCUT2D eigenvalue weighted by Crippen LogP contribution is -2.55. The van der Waals surface area contributed by atoms with Crippen LogP contribution in [0.15, 0.2) is 15.2 Å². The molecule has 0 spiro atoms. The first-order valence-electron chi connectivity index (χ1n) is 7.64. The van der Waals surface area contributed by atoms with Crippen molar-refractivity contribution in [2.24, 2.45) is 0 Å². The van der Waals surface area contributed by atoms with Gasteiger partial charge in [-0.2, -0.15) is 0 Å². The number of ether oxygens (including phenoxy) is 1. The summed E-state index contributed by atoms with van der Waals surface area (Å²) in [6.07, 6.45) is 1.35. The first-order chi connectivity index (χ1) is 10.2. The second-order valence-corrected chi connectivity index (χ2v) is 8.77. The predicted molar refractivity (Wildman–Crippen MR) is 96.4 cm³/mol. The largest absolute Gasteiger partial charge is 0.444 e. The van der Waals surface area contributed by atoms with Crippen molar-refractivity contribution in [3.8, 4) is 0 Å². The zero-order valence-corrected chi connectivity index (χ0v) is 16.5. The molecule has 0 unspecified atom stereocenters. The van der Waals surface area contributed by atoms with Crippen LogP contribution >= 0.6 is 27.3 Å². The molecule has 1 aromatic heterocycles. The molecular formula is C16H27BrN2O2S. The van der Waals surface area contributed by atoms with Gasteiger partial charge in [0.25, 0.3) is 0 Å². The molecule has 1 rings (SSSR count). The molecule has 6 heteroatoms. The molecule has 0 radical (unpaired) electrons. The second-order valence-electron chi connectivity index (χ2n) is 6.48. The van der Waals surface area contributed by atoms with Crippen LogP contribution in [-0.2, 0) is 11.3 Å². The topological polar surface area (TPSA) is 50.4 Å². The number of carbonyl (C=O) groups is 1. The highest BCUT2D eigenvalue weighted by molar-refractivity contribution is 9.11. The highest BCUT2D eigenvalue weighted by Gasteiger charge is 2.30. The Morgan fingerprint density at radius 1 is 1.32 bits per heavy atom. The van der Waals surface area contributed by atoms with Gasteiger partial charge < -0.3 is 15.4 Å². The molecule has 0 saturated carbocycles. The zero-order chi connectivity index (χ0) is 16.8. The van der Waals surface area contributed by atoms with Gasteiger partial charge in [0.1, 0.15) is 5.60 Å². The van der Waals surface area contributed by atoms with E-state index in [4.69, 9.17) is 4.74 Å². The smallest absolute Gasteiger partial charge is 0.408 e. The maximum Gasteiger partial charge on any atom is 0.408 e. The number of carbonyl (C=O) groups excluding carboxylic acids is 1. The minimum absolute atomic E-state index is 0.282. The van der Waals surface area contributed by atoms with E-state index in [2.05, 4.69) is 51.9 Å². The molecule has 22 heavy (non-hydrogen) atoms. The van der Waals surface area contributed by atoms with Crippen LogP contribution in [0.5, 0.6) is 0 Å². The number of rotatable bonds is 7. The van der Waals surface area contributed by atoms with Gasteiger partial charge in [0, 0.05) is 13.1 Å². The molecule has 4 nitrogen and oxygen atoms in total. The summed E-state index contributed by atoms with van der Waals surface area (Å²) < 4.78 is 6.52. The number of hydrogen-bond donors (Lipinski definition) is 2. The molecule has 1 amide bonds. The Bertz CT molecular complexity index is 479. The number of hydrogen-bond acceptors (Lipinski definition) is 4. The quantitative estimate of drug-likeness (QED) is 0.709. The van der Waals surface area contributed by atoms with Crippen LogP contribution in [0.4, 0.5) is 4.79 Å². The van der Waals surface area contributed by atoms with Crippen molar-refractivity contribution < 1.29 is 9.53 Å². The summed E-state index contributed by atoms with van der Waals surface area (Å²) in [7, 11) is 0. The first kappa shape index (κ1) is 19.5. The van der Waals surface area contributed by atoms with Crippen molar-refractivity contribution in [2.75, 3.05) is 6.54 Å². The van der Waals surface area contributed by atoms with E-state index < -0.39 is 5.60 Å². The number of thiophene rings is 1. The maximum absolute atomic E-state index is 12.1. The fourth-order valence-electron chi connectivity index (χ4n) is 2.13. The summed E-state index contributed by atoms with van der Waals surface area (Å²) in [6.45, 7) is 11.3. The highest BCUT2D eigenvalue weighted by atomic mass is 79.9. The van der Waals surface area contributed by atoms with E-state index in [1.54, 1.807) is 11.3 Å². The molecule has 0 aliphatic carbocycles. The first-order valence-corrected chi connectivity index (χ1v) is 9.32. The summed E-state index contributed by atoms with van der Waals surface area (Å²) in [5, 5.41) is 8.61. The third kappa shape index (κ3) is 6.67. The minimum Gasteiger partial charge on any atom is -0.444 e. The van der Waals surface area contributed by atoms with Gasteiger partial charge in [0.15, 0.2) is 0 Å². The Labute approximate surface area is 146 Å². The monoisotopic (exact) mass is 390 g/mol. The molecule has 0 aliphatic rings. The number of halogens is 1. The third-order valence-corrected chi connectivity index (χ3v) is 5.09. The van der Waals surface area contributed by atoms with Gasteiger partial charge in [-0.25, -0.2) is 4.79 Å². The average Bonchev–Trinajstić information content (AvgIpc) is 2.81. The molecule has 1 heterocycles. The lowest BCUT2D eigenvalue weighted by atomic mass is 9.93. The Morgan fingerprint density at radius 2 is 1.95 bits per heavy atom. The van der Waals surface area contributed by atoms with Crippen molar-refractivity contribution >= 4 is 33.4 Å². The molecule has 1 aromatic rings. The normalized spacial score (nSPS) is 12.3. The van der Waals surface area contributed by atoms with Crippen LogP contribution in [0, 0.1) is 0 Å². The molecular weight excluding hydrogens is 364 g/mol. The standard InChI is InChI=1S/C16H27BrN2O2S/c1-6-16(7-2,19-14(20)21-15(3,4)5)11-18-9-12-8-13(17)22-10-12/h8,10,18H,6-7,9,11H2,1-5H3,(H,19,20). The number of amides is 1. The van der Waals surface area contributed by atoms with E-state index in [1.807, 2.05) is 20.8 Å². The van der Waals surface area contributed by atoms with Gasteiger partial charge in [-0.3, -0.25) is 0 Å². The van der Waals surface area contributed by atoms with Crippen LogP contribution in [0.1, 0.15) is 53.0 Å². The van der Waals surface area contributed by atoms with E-state index in [0.29, 0.717) is 6.54 Å². The summed E-state index contributed by atoms with van der Waals surface area (Å²) in [5.41, 5.74) is 0.485. The second kappa shape index (κ2) is 8.31. The van der Waals surface area contributed by atoms with Gasteiger partial charge in [-0.05, 0) is 66.6 Å². The predicted octanol–water partition coefficient (Wildman–Crippen LogP) is 4.68. The van der Waals surface area contributed by atoms with Crippen LogP contribution in [0.3, 0.4) is 0 Å². The van der Waals surface area contributed by atoms with Gasteiger partial charge in [-0.1, -0.05) is 13.8 Å². The van der Waals surface area contributed by atoms with E-state index in [9.17, 15) is 4.79 Å². The Hall–Kier alpha value is -0.590. The maximum atomic E-state index is 12.1. The minimum atomic E-state index is -0.478. The molecule has 0 aliphatic heterocycles. The van der Waals surface area contributed by atoms with E-state index >= 15 is 0 Å². The lowest BCUT2D eigenvalue weighted by molar-refractivity contribution is 0.0446. The number of nitrogens with one attached hydrogen (secondary N) is 2. The fourth-order valence-corrected chi connectivity index (χ4v) is 3.33. The Balaban J connectivity index is 2.56. The average molecular weight is 391 g/mol. The van der Waals surface area contributed by atoms with Crippen molar-refractivity contribution in [1.82, 2.24) is 10.6 Å². The zero-order valence-electron chi connectivity index (χ0n) is 14.1. The Kier molecular flexibility index (Phi) is 7.35. The molecule has 126 valence electrons. The lowest BCUT2D eigenvalue weighted by Gasteiger charge is -2.34. The SMILES string of the molecule is CCC(CC)(CNCc1csc(Br)c1)NC(=O)OC(C)(C)C. The van der Waals surface area contributed by atoms with Crippen molar-refractivity contribution in [3.63, 3.8) is 0 Å². The van der Waals surface area contributed by atoms with Crippen molar-refractivity contribution in [2.45, 2.75) is 65.1 Å². The summed E-state index contributed by atoms with van der Waals surface area (Å²) in [6, 6.07) is 2.11. The van der Waals surface area contributed by atoms with Gasteiger partial charge in [-0.15, -0.1) is 11.3 Å². The van der Waals surface area contributed by atoms with Crippen LogP contribution in [0.2, 0.25) is 0 Å². The molecule has 2 N–H and O–H groups in total. The summed E-state index contributed by atoms with van der Waals surface area (Å²) >= 11 is 5.15. The molecule has 0 atom stereocenters. The summed E-state index contributed by atoms with van der Waals surface area (Å²) in [4.78, 5) is 12.1. The van der Waals surface area contributed by atoms with Crippen LogP contribution in [0.25, 0.3) is 0 Å². The summed E-state index contributed by atoms with van der Waals surface area (Å²) in [5.74, 6) is 0. The number of alkyl carbamates (subject to hydrolysis) is 1. The molecule has 0 fully saturated rings.